The summed E-state index contributed by atoms with van der Waals surface area (Å²) in [6.45, 7) is 5.94. The molecule has 2 rings (SSSR count). The van der Waals surface area contributed by atoms with Gasteiger partial charge in [-0.25, -0.2) is 4.39 Å². The zero-order chi connectivity index (χ0) is 14.4. The molecule has 1 saturated heterocycles. The number of nitrogens with zero attached hydrogens (tertiary/aromatic N) is 1. The van der Waals surface area contributed by atoms with Crippen LogP contribution in [-0.2, 0) is 0 Å². The lowest BCUT2D eigenvalue weighted by Crippen LogP contribution is -2.65. The summed E-state index contributed by atoms with van der Waals surface area (Å²) >= 11 is 0. The number of β-amino-alcohol motifs (C(OH)–C–C–N with tert-alkyl or cyclic N) is 1. The van der Waals surface area contributed by atoms with Gasteiger partial charge in [0.05, 0.1) is 13.1 Å². The fourth-order valence-corrected chi connectivity index (χ4v) is 2.13. The summed E-state index contributed by atoms with van der Waals surface area (Å²) in [6, 6.07) is 2.67. The van der Waals surface area contributed by atoms with E-state index in [4.69, 9.17) is 5.73 Å². The van der Waals surface area contributed by atoms with E-state index in [9.17, 15) is 14.3 Å². The molecule has 1 heterocycles. The number of anilines is 1. The van der Waals surface area contributed by atoms with Crippen molar-refractivity contribution in [3.05, 3.63) is 29.1 Å². The van der Waals surface area contributed by atoms with E-state index < -0.39 is 11.4 Å². The largest absolute Gasteiger partial charge is 0.398 e. The van der Waals surface area contributed by atoms with Crippen LogP contribution >= 0.6 is 0 Å². The van der Waals surface area contributed by atoms with Crippen LogP contribution in [0.15, 0.2) is 12.1 Å². The predicted molar refractivity (Wildman–Crippen MR) is 71.2 cm³/mol. The molecule has 0 aromatic heterocycles. The maximum absolute atomic E-state index is 13.6. The number of carbonyl (C=O) groups excluding carboxylic acids is 1. The van der Waals surface area contributed by atoms with Gasteiger partial charge in [-0.15, -0.1) is 0 Å². The van der Waals surface area contributed by atoms with Gasteiger partial charge in [-0.2, -0.15) is 0 Å². The average Bonchev–Trinajstić information content (AvgIpc) is 2.30. The lowest BCUT2D eigenvalue weighted by Gasteiger charge is -2.49. The molecule has 0 aliphatic carbocycles. The standard InChI is InChI=1S/C14H19FN2O2/c1-8(2)14(19)6-17(7-14)13(18)10-4-11(15)9(3)12(16)5-10/h4-5,8,19H,6-7,16H2,1-3H3. The van der Waals surface area contributed by atoms with Crippen molar-refractivity contribution < 1.29 is 14.3 Å². The van der Waals surface area contributed by atoms with Crippen LogP contribution in [0.2, 0.25) is 0 Å². The molecule has 1 amide bonds. The number of carbonyl (C=O) groups is 1. The molecule has 19 heavy (non-hydrogen) atoms. The molecule has 3 N–H and O–H groups in total. The molecule has 1 aromatic carbocycles. The van der Waals surface area contributed by atoms with Crippen molar-refractivity contribution in [3.8, 4) is 0 Å². The van der Waals surface area contributed by atoms with Crippen LogP contribution < -0.4 is 5.73 Å². The number of halogens is 1. The zero-order valence-electron chi connectivity index (χ0n) is 11.4. The van der Waals surface area contributed by atoms with E-state index in [1.807, 2.05) is 13.8 Å². The first kappa shape index (κ1) is 13.8. The maximum atomic E-state index is 13.6. The van der Waals surface area contributed by atoms with E-state index in [-0.39, 0.29) is 36.2 Å². The minimum atomic E-state index is -0.829. The SMILES string of the molecule is Cc1c(N)cc(C(=O)N2CC(O)(C(C)C)C2)cc1F. The van der Waals surface area contributed by atoms with Crippen LogP contribution in [0.3, 0.4) is 0 Å². The van der Waals surface area contributed by atoms with Gasteiger partial charge < -0.3 is 15.7 Å². The molecule has 0 radical (unpaired) electrons. The van der Waals surface area contributed by atoms with Gasteiger partial charge in [-0.05, 0) is 25.0 Å². The van der Waals surface area contributed by atoms with Gasteiger partial charge in [0.25, 0.3) is 5.91 Å². The summed E-state index contributed by atoms with van der Waals surface area (Å²) < 4.78 is 13.6. The molecule has 5 heteroatoms. The molecule has 1 aromatic rings. The summed E-state index contributed by atoms with van der Waals surface area (Å²) in [5, 5.41) is 10.1. The second-order valence-corrected chi connectivity index (χ2v) is 5.59. The highest BCUT2D eigenvalue weighted by Crippen LogP contribution is 2.30. The molecule has 0 atom stereocenters. The molecular formula is C14H19FN2O2. The minimum Gasteiger partial charge on any atom is -0.398 e. The molecule has 1 fully saturated rings. The highest BCUT2D eigenvalue weighted by Gasteiger charge is 2.46. The number of nitrogens with two attached hydrogens (primary N) is 1. The second kappa shape index (κ2) is 4.49. The number of benzene rings is 1. The number of nitrogen functional groups attached to an aromatic ring is 1. The minimum absolute atomic E-state index is 0.0800. The van der Waals surface area contributed by atoms with Crippen molar-refractivity contribution in [1.82, 2.24) is 4.90 Å². The van der Waals surface area contributed by atoms with Gasteiger partial charge in [0.1, 0.15) is 11.4 Å². The third-order valence-electron chi connectivity index (χ3n) is 3.92. The number of hydrogen-bond donors (Lipinski definition) is 2. The normalized spacial score (nSPS) is 17.5. The summed E-state index contributed by atoms with van der Waals surface area (Å²) in [4.78, 5) is 13.6. The van der Waals surface area contributed by atoms with E-state index in [1.54, 1.807) is 6.92 Å². The van der Waals surface area contributed by atoms with E-state index in [0.29, 0.717) is 5.56 Å². The van der Waals surface area contributed by atoms with Crippen molar-refractivity contribution in [3.63, 3.8) is 0 Å². The van der Waals surface area contributed by atoms with Crippen LogP contribution in [0.5, 0.6) is 0 Å². The Labute approximate surface area is 112 Å². The van der Waals surface area contributed by atoms with Gasteiger partial charge >= 0.3 is 0 Å². The summed E-state index contributed by atoms with van der Waals surface area (Å²) in [5.41, 5.74) is 5.67. The molecule has 0 saturated carbocycles. The molecule has 0 bridgehead atoms. The van der Waals surface area contributed by atoms with E-state index in [0.717, 1.165) is 0 Å². The molecule has 4 nitrogen and oxygen atoms in total. The average molecular weight is 266 g/mol. The smallest absolute Gasteiger partial charge is 0.254 e. The van der Waals surface area contributed by atoms with Gasteiger partial charge in [-0.1, -0.05) is 13.8 Å². The van der Waals surface area contributed by atoms with Crippen LogP contribution in [0.4, 0.5) is 10.1 Å². The highest BCUT2D eigenvalue weighted by molar-refractivity contribution is 5.96. The molecule has 0 spiro atoms. The zero-order valence-corrected chi connectivity index (χ0v) is 11.4. The number of hydrogen-bond acceptors (Lipinski definition) is 3. The lowest BCUT2D eigenvalue weighted by atomic mass is 9.82. The second-order valence-electron chi connectivity index (χ2n) is 5.59. The maximum Gasteiger partial charge on any atom is 0.254 e. The number of amides is 1. The van der Waals surface area contributed by atoms with Crippen LogP contribution in [0.1, 0.15) is 29.8 Å². The number of rotatable bonds is 2. The lowest BCUT2D eigenvalue weighted by molar-refractivity contribution is -0.110. The van der Waals surface area contributed by atoms with Gasteiger partial charge in [0, 0.05) is 16.8 Å². The van der Waals surface area contributed by atoms with Gasteiger partial charge in [-0.3, -0.25) is 4.79 Å². The Bertz CT molecular complexity index is 499. The molecule has 104 valence electrons. The Kier molecular flexibility index (Phi) is 3.26. The summed E-state index contributed by atoms with van der Waals surface area (Å²) in [5.74, 6) is -0.699. The highest BCUT2D eigenvalue weighted by atomic mass is 19.1. The van der Waals surface area contributed by atoms with E-state index in [2.05, 4.69) is 0 Å². The summed E-state index contributed by atoms with van der Waals surface area (Å²) in [7, 11) is 0. The van der Waals surface area contributed by atoms with Crippen LogP contribution in [-0.4, -0.2) is 34.6 Å². The first-order chi connectivity index (χ1) is 8.74. The Hall–Kier alpha value is -1.62. The molecule has 0 unspecified atom stereocenters. The fourth-order valence-electron chi connectivity index (χ4n) is 2.13. The quantitative estimate of drug-likeness (QED) is 0.798. The monoisotopic (exact) mass is 266 g/mol. The van der Waals surface area contributed by atoms with Crippen molar-refractivity contribution in [2.45, 2.75) is 26.4 Å². The van der Waals surface area contributed by atoms with Crippen molar-refractivity contribution in [1.29, 1.82) is 0 Å². The fraction of sp³-hybridized carbons (Fsp3) is 0.500. The first-order valence-corrected chi connectivity index (χ1v) is 6.32. The number of likely N-dealkylation sites (tertiary alicyclic amines) is 1. The van der Waals surface area contributed by atoms with Crippen LogP contribution in [0.25, 0.3) is 0 Å². The third-order valence-corrected chi connectivity index (χ3v) is 3.92. The Balaban J connectivity index is 2.15. The van der Waals surface area contributed by atoms with Crippen molar-refractivity contribution >= 4 is 11.6 Å². The third kappa shape index (κ3) is 2.30. The molecule has 1 aliphatic heterocycles. The van der Waals surface area contributed by atoms with Crippen molar-refractivity contribution in [2.75, 3.05) is 18.8 Å². The first-order valence-electron chi connectivity index (χ1n) is 6.32. The van der Waals surface area contributed by atoms with Gasteiger partial charge in [0.2, 0.25) is 0 Å². The Morgan fingerprint density at radius 2 is 2.05 bits per heavy atom. The van der Waals surface area contributed by atoms with Gasteiger partial charge in [0.15, 0.2) is 0 Å². The van der Waals surface area contributed by atoms with E-state index in [1.165, 1.54) is 17.0 Å². The number of aliphatic hydroxyl groups is 1. The molecule has 1 aliphatic rings. The van der Waals surface area contributed by atoms with Crippen LogP contribution in [0, 0.1) is 18.7 Å². The summed E-state index contributed by atoms with van der Waals surface area (Å²) in [6.07, 6.45) is 0. The predicted octanol–water partition coefficient (Wildman–Crippen LogP) is 1.56. The Morgan fingerprint density at radius 3 is 2.53 bits per heavy atom. The van der Waals surface area contributed by atoms with E-state index >= 15 is 0 Å². The Morgan fingerprint density at radius 1 is 1.47 bits per heavy atom. The topological polar surface area (TPSA) is 66.6 Å². The van der Waals surface area contributed by atoms with Crippen molar-refractivity contribution in [2.24, 2.45) is 5.92 Å². The molecular weight excluding hydrogens is 247 g/mol.